The molecule has 0 aromatic heterocycles. The van der Waals surface area contributed by atoms with Crippen molar-refractivity contribution >= 4 is 23.1 Å². The van der Waals surface area contributed by atoms with Gasteiger partial charge in [0.25, 0.3) is 0 Å². The summed E-state index contributed by atoms with van der Waals surface area (Å²) < 4.78 is 0. The zero-order chi connectivity index (χ0) is 11.5. The third-order valence-corrected chi connectivity index (χ3v) is 3.23. The molecule has 86 valence electrons. The highest BCUT2D eigenvalue weighted by Gasteiger charge is 2.13. The molecule has 3 heteroatoms. The molecule has 1 aromatic rings. The fourth-order valence-electron chi connectivity index (χ4n) is 2.11. The molecule has 0 bridgehead atoms. The van der Waals surface area contributed by atoms with Crippen molar-refractivity contribution in [2.75, 3.05) is 18.0 Å². The van der Waals surface area contributed by atoms with Crippen LogP contribution in [0.25, 0.3) is 0 Å². The number of benzene rings is 1. The van der Waals surface area contributed by atoms with Gasteiger partial charge in [0.2, 0.25) is 0 Å². The Kier molecular flexibility index (Phi) is 3.49. The third kappa shape index (κ3) is 2.56. The summed E-state index contributed by atoms with van der Waals surface area (Å²) in [5.41, 5.74) is 1.78. The first-order chi connectivity index (χ1) is 7.66. The van der Waals surface area contributed by atoms with Gasteiger partial charge in [-0.2, -0.15) is 0 Å². The van der Waals surface area contributed by atoms with E-state index in [0.29, 0.717) is 10.6 Å². The standard InChI is InChI=1S/C13H16ClNO/c1-10(16)11-7-12(14)9-13(8-11)15-5-3-2-4-6-15/h7-9H,2-6H2,1H3. The van der Waals surface area contributed by atoms with Gasteiger partial charge in [-0.05, 0) is 44.4 Å². The van der Waals surface area contributed by atoms with Crippen molar-refractivity contribution in [2.24, 2.45) is 0 Å². The highest BCUT2D eigenvalue weighted by molar-refractivity contribution is 6.31. The maximum Gasteiger partial charge on any atom is 0.159 e. The molecule has 1 aromatic carbocycles. The first kappa shape index (κ1) is 11.5. The highest BCUT2D eigenvalue weighted by atomic mass is 35.5. The van der Waals surface area contributed by atoms with E-state index in [1.165, 1.54) is 19.3 Å². The van der Waals surface area contributed by atoms with Gasteiger partial charge in [0.05, 0.1) is 0 Å². The number of Topliss-reactive ketones (excluding diaryl/α,β-unsaturated/α-hetero) is 1. The lowest BCUT2D eigenvalue weighted by molar-refractivity contribution is 0.101. The first-order valence-electron chi connectivity index (χ1n) is 5.73. The van der Waals surface area contributed by atoms with Gasteiger partial charge in [0, 0.05) is 29.4 Å². The second-order valence-electron chi connectivity index (χ2n) is 4.30. The summed E-state index contributed by atoms with van der Waals surface area (Å²) in [5.74, 6) is 0.0701. The largest absolute Gasteiger partial charge is 0.371 e. The summed E-state index contributed by atoms with van der Waals surface area (Å²) in [5, 5.41) is 0.647. The number of halogens is 1. The lowest BCUT2D eigenvalue weighted by atomic mass is 10.1. The zero-order valence-electron chi connectivity index (χ0n) is 9.50. The van der Waals surface area contributed by atoms with Crippen LogP contribution in [0, 0.1) is 0 Å². The topological polar surface area (TPSA) is 20.3 Å². The average molecular weight is 238 g/mol. The molecule has 1 aliphatic rings. The molecule has 16 heavy (non-hydrogen) atoms. The minimum Gasteiger partial charge on any atom is -0.371 e. The van der Waals surface area contributed by atoms with Gasteiger partial charge in [-0.1, -0.05) is 11.6 Å². The van der Waals surface area contributed by atoms with E-state index in [4.69, 9.17) is 11.6 Å². The number of carbonyl (C=O) groups excluding carboxylic acids is 1. The van der Waals surface area contributed by atoms with Crippen LogP contribution in [0.15, 0.2) is 18.2 Å². The van der Waals surface area contributed by atoms with E-state index in [2.05, 4.69) is 4.90 Å². The van der Waals surface area contributed by atoms with Gasteiger partial charge in [-0.3, -0.25) is 4.79 Å². The molecular weight excluding hydrogens is 222 g/mol. The van der Waals surface area contributed by atoms with Crippen molar-refractivity contribution in [3.63, 3.8) is 0 Å². The van der Waals surface area contributed by atoms with Crippen LogP contribution in [0.2, 0.25) is 5.02 Å². The number of carbonyl (C=O) groups is 1. The van der Waals surface area contributed by atoms with E-state index < -0.39 is 0 Å². The van der Waals surface area contributed by atoms with Crippen molar-refractivity contribution in [3.05, 3.63) is 28.8 Å². The number of ketones is 1. The summed E-state index contributed by atoms with van der Waals surface area (Å²) in [4.78, 5) is 13.7. The fraction of sp³-hybridized carbons (Fsp3) is 0.462. The average Bonchev–Trinajstić information content (AvgIpc) is 2.29. The molecule has 0 atom stereocenters. The fourth-order valence-corrected chi connectivity index (χ4v) is 2.34. The molecule has 2 rings (SSSR count). The molecule has 0 radical (unpaired) electrons. The van der Waals surface area contributed by atoms with Crippen molar-refractivity contribution in [2.45, 2.75) is 26.2 Å². The second kappa shape index (κ2) is 4.88. The molecule has 0 spiro atoms. The van der Waals surface area contributed by atoms with Gasteiger partial charge in [0.1, 0.15) is 0 Å². The van der Waals surface area contributed by atoms with Gasteiger partial charge in [-0.15, -0.1) is 0 Å². The number of anilines is 1. The normalized spacial score (nSPS) is 16.2. The lowest BCUT2D eigenvalue weighted by Gasteiger charge is -2.29. The molecule has 0 amide bonds. The second-order valence-corrected chi connectivity index (χ2v) is 4.74. The van der Waals surface area contributed by atoms with Gasteiger partial charge in [0.15, 0.2) is 5.78 Å². The smallest absolute Gasteiger partial charge is 0.159 e. The molecule has 2 nitrogen and oxygen atoms in total. The van der Waals surface area contributed by atoms with Crippen molar-refractivity contribution in [1.29, 1.82) is 0 Å². The highest BCUT2D eigenvalue weighted by Crippen LogP contribution is 2.25. The number of hydrogen-bond acceptors (Lipinski definition) is 2. The Bertz CT molecular complexity index is 397. The Morgan fingerprint density at radius 3 is 2.50 bits per heavy atom. The molecule has 0 unspecified atom stereocenters. The molecular formula is C13H16ClNO. The van der Waals surface area contributed by atoms with Crippen LogP contribution in [0.4, 0.5) is 5.69 Å². The molecule has 0 saturated carbocycles. The molecule has 0 N–H and O–H groups in total. The molecule has 1 heterocycles. The minimum absolute atomic E-state index is 0.0701. The summed E-state index contributed by atoms with van der Waals surface area (Å²) >= 11 is 6.03. The van der Waals surface area contributed by atoms with E-state index in [1.54, 1.807) is 13.0 Å². The predicted molar refractivity (Wildman–Crippen MR) is 67.5 cm³/mol. The van der Waals surface area contributed by atoms with Crippen LogP contribution in [0.3, 0.4) is 0 Å². The van der Waals surface area contributed by atoms with E-state index in [-0.39, 0.29) is 5.78 Å². The van der Waals surface area contributed by atoms with Crippen molar-refractivity contribution in [1.82, 2.24) is 0 Å². The first-order valence-corrected chi connectivity index (χ1v) is 6.11. The van der Waals surface area contributed by atoms with E-state index in [1.807, 2.05) is 12.1 Å². The molecule has 1 aliphatic heterocycles. The Balaban J connectivity index is 2.28. The quantitative estimate of drug-likeness (QED) is 0.734. The number of hydrogen-bond donors (Lipinski definition) is 0. The van der Waals surface area contributed by atoms with Crippen molar-refractivity contribution in [3.8, 4) is 0 Å². The van der Waals surface area contributed by atoms with Gasteiger partial charge >= 0.3 is 0 Å². The molecule has 1 fully saturated rings. The van der Waals surface area contributed by atoms with E-state index in [0.717, 1.165) is 18.8 Å². The maximum absolute atomic E-state index is 11.4. The summed E-state index contributed by atoms with van der Waals surface area (Å²) in [6.45, 7) is 3.71. The predicted octanol–water partition coefficient (Wildman–Crippen LogP) is 3.53. The van der Waals surface area contributed by atoms with Gasteiger partial charge in [-0.25, -0.2) is 0 Å². The number of piperidine rings is 1. The van der Waals surface area contributed by atoms with Crippen molar-refractivity contribution < 1.29 is 4.79 Å². The Morgan fingerprint density at radius 1 is 1.19 bits per heavy atom. The van der Waals surface area contributed by atoms with E-state index in [9.17, 15) is 4.79 Å². The maximum atomic E-state index is 11.4. The van der Waals surface area contributed by atoms with Crippen LogP contribution in [0.5, 0.6) is 0 Å². The summed E-state index contributed by atoms with van der Waals surface area (Å²) in [7, 11) is 0. The summed E-state index contributed by atoms with van der Waals surface area (Å²) in [6.07, 6.45) is 3.75. The van der Waals surface area contributed by atoms with Crippen LogP contribution >= 0.6 is 11.6 Å². The Labute approximate surface area is 101 Å². The van der Waals surface area contributed by atoms with Crippen LogP contribution in [-0.4, -0.2) is 18.9 Å². The van der Waals surface area contributed by atoms with E-state index >= 15 is 0 Å². The Hall–Kier alpha value is -1.02. The number of nitrogens with zero attached hydrogens (tertiary/aromatic N) is 1. The molecule has 0 aliphatic carbocycles. The number of rotatable bonds is 2. The third-order valence-electron chi connectivity index (χ3n) is 3.01. The summed E-state index contributed by atoms with van der Waals surface area (Å²) in [6, 6.07) is 5.62. The zero-order valence-corrected chi connectivity index (χ0v) is 10.3. The van der Waals surface area contributed by atoms with Crippen LogP contribution < -0.4 is 4.90 Å². The monoisotopic (exact) mass is 237 g/mol. The van der Waals surface area contributed by atoms with Gasteiger partial charge < -0.3 is 4.90 Å². The van der Waals surface area contributed by atoms with Crippen LogP contribution in [0.1, 0.15) is 36.5 Å². The minimum atomic E-state index is 0.0701. The SMILES string of the molecule is CC(=O)c1cc(Cl)cc(N2CCCCC2)c1. The Morgan fingerprint density at radius 2 is 1.88 bits per heavy atom. The molecule has 1 saturated heterocycles. The van der Waals surface area contributed by atoms with Crippen LogP contribution in [-0.2, 0) is 0 Å². The lowest BCUT2D eigenvalue weighted by Crippen LogP contribution is -2.29.